The molecule has 1 aliphatic carbocycles. The molecule has 1 saturated carbocycles. The van der Waals surface area contributed by atoms with Crippen molar-refractivity contribution < 1.29 is 9.00 Å². The Kier molecular flexibility index (Phi) is 4.07. The number of nitrogens with two attached hydrogens (primary N) is 1. The van der Waals surface area contributed by atoms with Crippen LogP contribution in [0.25, 0.3) is 0 Å². The molecule has 0 saturated heterocycles. The Labute approximate surface area is 117 Å². The molecule has 0 aliphatic heterocycles. The first kappa shape index (κ1) is 13.5. The molecule has 1 fully saturated rings. The fourth-order valence-electron chi connectivity index (χ4n) is 1.66. The highest BCUT2D eigenvalue weighted by atomic mass is 79.9. The van der Waals surface area contributed by atoms with Crippen molar-refractivity contribution in [1.82, 2.24) is 4.90 Å². The number of carbonyl (C=O) groups excluding carboxylic acids is 1. The Hall–Kier alpha value is -0.880. The molecule has 2 rings (SSSR count). The Morgan fingerprint density at radius 3 is 2.78 bits per heavy atom. The van der Waals surface area contributed by atoms with Gasteiger partial charge in [0.2, 0.25) is 5.91 Å². The Morgan fingerprint density at radius 1 is 1.56 bits per heavy atom. The van der Waals surface area contributed by atoms with Gasteiger partial charge in [-0.05, 0) is 47.0 Å². The first-order chi connectivity index (χ1) is 8.49. The third-order valence-corrected chi connectivity index (χ3v) is 5.22. The van der Waals surface area contributed by atoms with E-state index in [0.29, 0.717) is 21.1 Å². The fraction of sp³-hybridized carbons (Fsp3) is 0.417. The Bertz CT molecular complexity index is 503. The molecular weight excluding hydrogens is 316 g/mol. The Balaban J connectivity index is 2.04. The minimum absolute atomic E-state index is 0.0233. The van der Waals surface area contributed by atoms with E-state index in [2.05, 4.69) is 15.9 Å². The highest BCUT2D eigenvalue weighted by Crippen LogP contribution is 2.26. The molecule has 4 nitrogen and oxygen atoms in total. The quantitative estimate of drug-likeness (QED) is 0.855. The van der Waals surface area contributed by atoms with Crippen LogP contribution in [-0.4, -0.2) is 33.9 Å². The highest BCUT2D eigenvalue weighted by Gasteiger charge is 2.30. The van der Waals surface area contributed by atoms with Gasteiger partial charge in [-0.25, -0.2) is 0 Å². The van der Waals surface area contributed by atoms with Crippen molar-refractivity contribution in [2.45, 2.75) is 23.8 Å². The van der Waals surface area contributed by atoms with E-state index in [1.165, 1.54) is 0 Å². The molecule has 2 N–H and O–H groups in total. The van der Waals surface area contributed by atoms with E-state index in [-0.39, 0.29) is 11.7 Å². The molecule has 1 amide bonds. The smallest absolute Gasteiger partial charge is 0.235 e. The van der Waals surface area contributed by atoms with Crippen LogP contribution in [0.5, 0.6) is 0 Å². The van der Waals surface area contributed by atoms with E-state index >= 15 is 0 Å². The summed E-state index contributed by atoms with van der Waals surface area (Å²) in [6.07, 6.45) is 2.11. The number of anilines is 1. The van der Waals surface area contributed by atoms with Gasteiger partial charge in [0.1, 0.15) is 5.75 Å². The van der Waals surface area contributed by atoms with Gasteiger partial charge >= 0.3 is 0 Å². The zero-order valence-electron chi connectivity index (χ0n) is 10.1. The summed E-state index contributed by atoms with van der Waals surface area (Å²) >= 11 is 3.32. The summed E-state index contributed by atoms with van der Waals surface area (Å²) < 4.78 is 12.8. The van der Waals surface area contributed by atoms with Crippen molar-refractivity contribution in [3.8, 4) is 0 Å². The van der Waals surface area contributed by atoms with E-state index in [1.54, 1.807) is 30.1 Å². The topological polar surface area (TPSA) is 63.4 Å². The average Bonchev–Trinajstić information content (AvgIpc) is 3.11. The van der Waals surface area contributed by atoms with Gasteiger partial charge < -0.3 is 10.6 Å². The first-order valence-electron chi connectivity index (χ1n) is 5.68. The standard InChI is InChI=1S/C12H15BrN2O2S/c1-15(9-3-4-9)12(16)7-18(17)11-5-2-8(14)6-10(11)13/h2,5-6,9H,3-4,7,14H2,1H3. The van der Waals surface area contributed by atoms with Crippen LogP contribution >= 0.6 is 15.9 Å². The fourth-order valence-corrected chi connectivity index (χ4v) is 3.68. The van der Waals surface area contributed by atoms with Crippen molar-refractivity contribution in [3.63, 3.8) is 0 Å². The lowest BCUT2D eigenvalue weighted by Gasteiger charge is -2.16. The van der Waals surface area contributed by atoms with E-state index in [0.717, 1.165) is 12.8 Å². The normalized spacial score (nSPS) is 16.3. The summed E-state index contributed by atoms with van der Waals surface area (Å²) in [4.78, 5) is 14.2. The minimum atomic E-state index is -1.34. The molecule has 1 aromatic rings. The monoisotopic (exact) mass is 330 g/mol. The van der Waals surface area contributed by atoms with Crippen molar-refractivity contribution in [2.24, 2.45) is 0 Å². The Morgan fingerprint density at radius 2 is 2.22 bits per heavy atom. The van der Waals surface area contributed by atoms with Crippen LogP contribution in [0, 0.1) is 0 Å². The van der Waals surface area contributed by atoms with Gasteiger partial charge in [-0.15, -0.1) is 0 Å². The second kappa shape index (κ2) is 5.40. The lowest BCUT2D eigenvalue weighted by atomic mass is 10.3. The number of hydrogen-bond acceptors (Lipinski definition) is 3. The predicted molar refractivity (Wildman–Crippen MR) is 75.6 cm³/mol. The molecule has 0 heterocycles. The highest BCUT2D eigenvalue weighted by molar-refractivity contribution is 9.10. The summed E-state index contributed by atoms with van der Waals surface area (Å²) in [5.41, 5.74) is 6.22. The molecule has 18 heavy (non-hydrogen) atoms. The lowest BCUT2D eigenvalue weighted by molar-refractivity contribution is -0.127. The molecule has 0 radical (unpaired) electrons. The molecule has 1 aromatic carbocycles. The second-order valence-electron chi connectivity index (χ2n) is 4.42. The predicted octanol–water partition coefficient (Wildman–Crippen LogP) is 1.76. The van der Waals surface area contributed by atoms with Gasteiger partial charge in [-0.2, -0.15) is 0 Å². The van der Waals surface area contributed by atoms with E-state index < -0.39 is 10.8 Å². The van der Waals surface area contributed by atoms with Crippen LogP contribution in [0.2, 0.25) is 0 Å². The van der Waals surface area contributed by atoms with E-state index in [4.69, 9.17) is 5.73 Å². The number of rotatable bonds is 4. The maximum Gasteiger partial charge on any atom is 0.235 e. The maximum absolute atomic E-state index is 12.1. The van der Waals surface area contributed by atoms with Gasteiger partial charge in [-0.1, -0.05) is 0 Å². The molecule has 1 unspecified atom stereocenters. The summed E-state index contributed by atoms with van der Waals surface area (Å²) in [6.45, 7) is 0. The van der Waals surface area contributed by atoms with Crippen LogP contribution < -0.4 is 5.73 Å². The van der Waals surface area contributed by atoms with Crippen LogP contribution in [0.1, 0.15) is 12.8 Å². The molecule has 1 aliphatic rings. The van der Waals surface area contributed by atoms with Crippen LogP contribution in [0.3, 0.4) is 0 Å². The van der Waals surface area contributed by atoms with Crippen molar-refractivity contribution in [2.75, 3.05) is 18.5 Å². The number of halogens is 1. The second-order valence-corrected chi connectivity index (χ2v) is 6.69. The lowest BCUT2D eigenvalue weighted by Crippen LogP contribution is -2.32. The number of carbonyl (C=O) groups is 1. The zero-order chi connectivity index (χ0) is 13.3. The average molecular weight is 331 g/mol. The van der Waals surface area contributed by atoms with Crippen molar-refractivity contribution in [3.05, 3.63) is 22.7 Å². The van der Waals surface area contributed by atoms with Gasteiger partial charge in [-0.3, -0.25) is 9.00 Å². The number of hydrogen-bond donors (Lipinski definition) is 1. The maximum atomic E-state index is 12.1. The van der Waals surface area contributed by atoms with Crippen molar-refractivity contribution >= 4 is 38.3 Å². The van der Waals surface area contributed by atoms with Gasteiger partial charge in [0, 0.05) is 23.2 Å². The number of benzene rings is 1. The van der Waals surface area contributed by atoms with Crippen molar-refractivity contribution in [1.29, 1.82) is 0 Å². The minimum Gasteiger partial charge on any atom is -0.399 e. The third kappa shape index (κ3) is 3.11. The van der Waals surface area contributed by atoms with Crippen LogP contribution in [-0.2, 0) is 15.6 Å². The molecule has 6 heteroatoms. The molecule has 98 valence electrons. The molecule has 1 atom stereocenters. The van der Waals surface area contributed by atoms with E-state index in [1.807, 2.05) is 0 Å². The summed E-state index contributed by atoms with van der Waals surface area (Å²) in [5, 5.41) is 0. The SMILES string of the molecule is CN(C(=O)CS(=O)c1ccc(N)cc1Br)C1CC1. The number of nitrogens with zero attached hydrogens (tertiary/aromatic N) is 1. The van der Waals surface area contributed by atoms with Gasteiger partial charge in [0.05, 0.1) is 15.7 Å². The van der Waals surface area contributed by atoms with Crippen LogP contribution in [0.4, 0.5) is 5.69 Å². The van der Waals surface area contributed by atoms with Crippen LogP contribution in [0.15, 0.2) is 27.6 Å². The van der Waals surface area contributed by atoms with Gasteiger partial charge in [0.25, 0.3) is 0 Å². The third-order valence-electron chi connectivity index (χ3n) is 2.94. The number of nitrogen functional groups attached to an aromatic ring is 1. The first-order valence-corrected chi connectivity index (χ1v) is 7.79. The van der Waals surface area contributed by atoms with E-state index in [9.17, 15) is 9.00 Å². The molecule has 0 aromatic heterocycles. The largest absolute Gasteiger partial charge is 0.399 e. The summed E-state index contributed by atoms with van der Waals surface area (Å²) in [5.74, 6) is -0.0465. The molecule has 0 spiro atoms. The number of amides is 1. The zero-order valence-corrected chi connectivity index (χ0v) is 12.5. The molecule has 0 bridgehead atoms. The summed E-state index contributed by atoms with van der Waals surface area (Å²) in [7, 11) is 0.437. The summed E-state index contributed by atoms with van der Waals surface area (Å²) in [6, 6.07) is 5.43. The van der Waals surface area contributed by atoms with Gasteiger partial charge in [0.15, 0.2) is 0 Å². The molecular formula is C12H15BrN2O2S.